The van der Waals surface area contributed by atoms with Crippen LogP contribution in [0.3, 0.4) is 0 Å². The normalized spacial score (nSPS) is 10.2. The molecule has 0 radical (unpaired) electrons. The predicted octanol–water partition coefficient (Wildman–Crippen LogP) is 4.46. The molecule has 2 aromatic rings. The van der Waals surface area contributed by atoms with Gasteiger partial charge in [-0.05, 0) is 46.3 Å². The molecular formula is C15H12Br2O3. The van der Waals surface area contributed by atoms with Gasteiger partial charge < -0.3 is 9.47 Å². The van der Waals surface area contributed by atoms with E-state index in [0.717, 1.165) is 8.95 Å². The van der Waals surface area contributed by atoms with Crippen LogP contribution >= 0.6 is 31.9 Å². The van der Waals surface area contributed by atoms with Crippen LogP contribution in [0, 0.1) is 0 Å². The zero-order chi connectivity index (χ0) is 14.7. The summed E-state index contributed by atoms with van der Waals surface area (Å²) in [4.78, 5) is 12.6. The maximum absolute atomic E-state index is 12.6. The van der Waals surface area contributed by atoms with Crippen molar-refractivity contribution in [1.82, 2.24) is 0 Å². The summed E-state index contributed by atoms with van der Waals surface area (Å²) in [6, 6.07) is 10.6. The number of carbonyl (C=O) groups excluding carboxylic acids is 1. The van der Waals surface area contributed by atoms with Crippen LogP contribution in [-0.4, -0.2) is 20.0 Å². The molecule has 0 amide bonds. The molecule has 0 saturated carbocycles. The second-order valence-electron chi connectivity index (χ2n) is 4.02. The van der Waals surface area contributed by atoms with Gasteiger partial charge in [-0.1, -0.05) is 15.9 Å². The largest absolute Gasteiger partial charge is 0.497 e. The Morgan fingerprint density at radius 3 is 2.25 bits per heavy atom. The summed E-state index contributed by atoms with van der Waals surface area (Å²) in [7, 11) is 3.10. The summed E-state index contributed by atoms with van der Waals surface area (Å²) in [6.07, 6.45) is 0. The fourth-order valence-corrected chi connectivity index (χ4v) is 3.03. The first-order valence-corrected chi connectivity index (χ1v) is 7.37. The first-order valence-electron chi connectivity index (χ1n) is 5.78. The Morgan fingerprint density at radius 1 is 0.950 bits per heavy atom. The Hall–Kier alpha value is -1.33. The predicted molar refractivity (Wildman–Crippen MR) is 84.8 cm³/mol. The molecule has 20 heavy (non-hydrogen) atoms. The van der Waals surface area contributed by atoms with Gasteiger partial charge in [0.1, 0.15) is 11.5 Å². The van der Waals surface area contributed by atoms with Crippen molar-refractivity contribution < 1.29 is 14.3 Å². The zero-order valence-corrected chi connectivity index (χ0v) is 14.1. The second-order valence-corrected chi connectivity index (χ2v) is 5.79. The Balaban J connectivity index is 2.47. The number of ketones is 1. The highest BCUT2D eigenvalue weighted by atomic mass is 79.9. The Labute approximate surface area is 134 Å². The number of carbonyl (C=O) groups is 1. The van der Waals surface area contributed by atoms with Gasteiger partial charge in [0.2, 0.25) is 0 Å². The van der Waals surface area contributed by atoms with Crippen LogP contribution in [0.15, 0.2) is 45.3 Å². The van der Waals surface area contributed by atoms with Gasteiger partial charge in [0, 0.05) is 20.6 Å². The molecule has 104 valence electrons. The molecule has 2 rings (SSSR count). The summed E-state index contributed by atoms with van der Waals surface area (Å²) in [5.74, 6) is 1.03. The van der Waals surface area contributed by atoms with E-state index in [-0.39, 0.29) is 5.78 Å². The van der Waals surface area contributed by atoms with Gasteiger partial charge in [0.25, 0.3) is 0 Å². The van der Waals surface area contributed by atoms with E-state index in [0.29, 0.717) is 22.6 Å². The minimum atomic E-state index is -0.108. The highest BCUT2D eigenvalue weighted by molar-refractivity contribution is 9.11. The molecule has 0 aliphatic rings. The maximum Gasteiger partial charge on any atom is 0.197 e. The van der Waals surface area contributed by atoms with Crippen molar-refractivity contribution in [3.05, 3.63) is 56.5 Å². The van der Waals surface area contributed by atoms with E-state index in [1.807, 2.05) is 12.1 Å². The molecule has 0 atom stereocenters. The number of halogens is 2. The van der Waals surface area contributed by atoms with Gasteiger partial charge in [-0.15, -0.1) is 0 Å². The van der Waals surface area contributed by atoms with Crippen LogP contribution in [0.25, 0.3) is 0 Å². The summed E-state index contributed by atoms with van der Waals surface area (Å²) in [5.41, 5.74) is 1.08. The maximum atomic E-state index is 12.6. The number of rotatable bonds is 4. The molecule has 2 aromatic carbocycles. The van der Waals surface area contributed by atoms with Gasteiger partial charge in [-0.2, -0.15) is 0 Å². The molecule has 0 aliphatic carbocycles. The van der Waals surface area contributed by atoms with E-state index in [4.69, 9.17) is 9.47 Å². The molecule has 0 aliphatic heterocycles. The highest BCUT2D eigenvalue weighted by Gasteiger charge is 2.17. The average Bonchev–Trinajstić information content (AvgIpc) is 2.46. The van der Waals surface area contributed by atoms with Crippen LogP contribution in [0.1, 0.15) is 15.9 Å². The van der Waals surface area contributed by atoms with E-state index in [1.165, 1.54) is 7.11 Å². The van der Waals surface area contributed by atoms with Crippen molar-refractivity contribution in [2.75, 3.05) is 14.2 Å². The molecule has 5 heteroatoms. The third-order valence-corrected chi connectivity index (χ3v) is 3.98. The minimum Gasteiger partial charge on any atom is -0.497 e. The first-order chi connectivity index (χ1) is 9.56. The fraction of sp³-hybridized carbons (Fsp3) is 0.133. The second kappa shape index (κ2) is 6.41. The van der Waals surface area contributed by atoms with E-state index >= 15 is 0 Å². The van der Waals surface area contributed by atoms with Crippen LogP contribution in [-0.2, 0) is 0 Å². The van der Waals surface area contributed by atoms with E-state index in [2.05, 4.69) is 31.9 Å². The smallest absolute Gasteiger partial charge is 0.197 e. The lowest BCUT2D eigenvalue weighted by Gasteiger charge is -2.10. The van der Waals surface area contributed by atoms with Crippen molar-refractivity contribution in [2.45, 2.75) is 0 Å². The third-order valence-electron chi connectivity index (χ3n) is 2.83. The molecule has 0 saturated heterocycles. The summed E-state index contributed by atoms with van der Waals surface area (Å²) in [6.45, 7) is 0. The molecule has 0 fully saturated rings. The van der Waals surface area contributed by atoms with Crippen molar-refractivity contribution in [3.8, 4) is 11.5 Å². The summed E-state index contributed by atoms with van der Waals surface area (Å²) >= 11 is 6.77. The number of methoxy groups -OCH3 is 2. The number of hydrogen-bond acceptors (Lipinski definition) is 3. The Morgan fingerprint density at radius 2 is 1.65 bits per heavy atom. The molecule has 3 nitrogen and oxygen atoms in total. The molecule has 0 bridgehead atoms. The van der Waals surface area contributed by atoms with Crippen LogP contribution in [0.5, 0.6) is 11.5 Å². The van der Waals surface area contributed by atoms with E-state index < -0.39 is 0 Å². The van der Waals surface area contributed by atoms with Gasteiger partial charge in [-0.3, -0.25) is 4.79 Å². The standard InChI is InChI=1S/C15H12Br2O3/c1-19-10-4-6-12(14(8-10)20-2)15(18)11-5-3-9(16)7-13(11)17/h3-8H,1-2H3. The lowest BCUT2D eigenvalue weighted by molar-refractivity contribution is 0.103. The SMILES string of the molecule is COc1ccc(C(=O)c2ccc(Br)cc2Br)c(OC)c1. The van der Waals surface area contributed by atoms with Gasteiger partial charge in [0.05, 0.1) is 19.8 Å². The van der Waals surface area contributed by atoms with Crippen molar-refractivity contribution in [2.24, 2.45) is 0 Å². The zero-order valence-electron chi connectivity index (χ0n) is 10.9. The topological polar surface area (TPSA) is 35.5 Å². The number of ether oxygens (including phenoxy) is 2. The average molecular weight is 400 g/mol. The molecule has 0 N–H and O–H groups in total. The number of hydrogen-bond donors (Lipinski definition) is 0. The van der Waals surface area contributed by atoms with Gasteiger partial charge in [0.15, 0.2) is 5.78 Å². The summed E-state index contributed by atoms with van der Waals surface area (Å²) < 4.78 is 12.0. The van der Waals surface area contributed by atoms with E-state index in [9.17, 15) is 4.79 Å². The highest BCUT2D eigenvalue weighted by Crippen LogP contribution is 2.30. The van der Waals surface area contributed by atoms with Crippen LogP contribution in [0.2, 0.25) is 0 Å². The van der Waals surface area contributed by atoms with Crippen LogP contribution < -0.4 is 9.47 Å². The quantitative estimate of drug-likeness (QED) is 0.712. The Bertz CT molecular complexity index is 654. The van der Waals surface area contributed by atoms with Crippen molar-refractivity contribution in [3.63, 3.8) is 0 Å². The Kier molecular flexibility index (Phi) is 4.83. The molecule has 0 aromatic heterocycles. The lowest BCUT2D eigenvalue weighted by Crippen LogP contribution is -2.05. The monoisotopic (exact) mass is 398 g/mol. The fourth-order valence-electron chi connectivity index (χ4n) is 1.80. The van der Waals surface area contributed by atoms with E-state index in [1.54, 1.807) is 31.4 Å². The summed E-state index contributed by atoms with van der Waals surface area (Å²) in [5, 5.41) is 0. The van der Waals surface area contributed by atoms with Gasteiger partial charge >= 0.3 is 0 Å². The minimum absolute atomic E-state index is 0.108. The number of benzene rings is 2. The van der Waals surface area contributed by atoms with Gasteiger partial charge in [-0.25, -0.2) is 0 Å². The molecular weight excluding hydrogens is 388 g/mol. The molecule has 0 heterocycles. The first kappa shape index (κ1) is 15.1. The van der Waals surface area contributed by atoms with Crippen molar-refractivity contribution in [1.29, 1.82) is 0 Å². The van der Waals surface area contributed by atoms with Crippen LogP contribution in [0.4, 0.5) is 0 Å². The van der Waals surface area contributed by atoms with Crippen molar-refractivity contribution >= 4 is 37.6 Å². The molecule has 0 spiro atoms. The molecule has 0 unspecified atom stereocenters. The third kappa shape index (κ3) is 3.04. The lowest BCUT2D eigenvalue weighted by atomic mass is 10.0.